The smallest absolute Gasteiger partial charge is 0.240 e. The summed E-state index contributed by atoms with van der Waals surface area (Å²) in [6.07, 6.45) is 0. The molecule has 5 rings (SSSR count). The molecule has 0 N–H and O–H groups in total. The first-order valence-corrected chi connectivity index (χ1v) is 9.01. The molecule has 0 bridgehead atoms. The molecule has 0 aliphatic heterocycles. The van der Waals surface area contributed by atoms with Crippen molar-refractivity contribution < 1.29 is 4.74 Å². The zero-order valence-electron chi connectivity index (χ0n) is 15.5. The van der Waals surface area contributed by atoms with Crippen LogP contribution < -0.4 is 4.74 Å². The summed E-state index contributed by atoms with van der Waals surface area (Å²) in [7, 11) is 1.71. The number of hydrogen-bond acceptors (Lipinski definition) is 7. The highest BCUT2D eigenvalue weighted by atomic mass is 16.5. The number of benzene rings is 2. The van der Waals surface area contributed by atoms with Crippen LogP contribution in [-0.4, -0.2) is 40.0 Å². The lowest BCUT2D eigenvalue weighted by Gasteiger charge is -2.10. The molecule has 0 spiro atoms. The van der Waals surface area contributed by atoms with E-state index in [0.717, 1.165) is 16.7 Å². The van der Waals surface area contributed by atoms with Gasteiger partial charge in [-0.3, -0.25) is 0 Å². The van der Waals surface area contributed by atoms with Gasteiger partial charge >= 0.3 is 0 Å². The molecule has 0 saturated carbocycles. The second-order valence-electron chi connectivity index (χ2n) is 6.37. The predicted molar refractivity (Wildman–Crippen MR) is 105 cm³/mol. The first kappa shape index (κ1) is 17.0. The molecule has 29 heavy (non-hydrogen) atoms. The highest BCUT2D eigenvalue weighted by Gasteiger charge is 2.16. The molecule has 0 fully saturated rings. The van der Waals surface area contributed by atoms with Gasteiger partial charge in [0, 0.05) is 11.1 Å². The lowest BCUT2D eigenvalue weighted by Crippen LogP contribution is -2.05. The van der Waals surface area contributed by atoms with Crippen molar-refractivity contribution in [1.82, 2.24) is 40.0 Å². The molecule has 9 nitrogen and oxygen atoms in total. The van der Waals surface area contributed by atoms with E-state index in [0.29, 0.717) is 23.2 Å². The topological polar surface area (TPSA) is 95.9 Å². The number of aromatic nitrogens is 8. The fourth-order valence-electron chi connectivity index (χ4n) is 3.03. The Morgan fingerprint density at radius 1 is 0.828 bits per heavy atom. The van der Waals surface area contributed by atoms with Crippen LogP contribution in [0.4, 0.5) is 0 Å². The Labute approximate surface area is 165 Å². The average Bonchev–Trinajstić information content (AvgIpc) is 3.38. The second kappa shape index (κ2) is 7.12. The Kier molecular flexibility index (Phi) is 4.17. The van der Waals surface area contributed by atoms with Gasteiger partial charge in [-0.2, -0.15) is 9.31 Å². The second-order valence-corrected chi connectivity index (χ2v) is 6.37. The van der Waals surface area contributed by atoms with E-state index in [4.69, 9.17) is 9.84 Å². The van der Waals surface area contributed by atoms with Gasteiger partial charge in [0.1, 0.15) is 0 Å². The van der Waals surface area contributed by atoms with Crippen molar-refractivity contribution in [2.24, 2.45) is 7.05 Å². The van der Waals surface area contributed by atoms with E-state index in [1.807, 2.05) is 66.7 Å². The minimum absolute atomic E-state index is 0.148. The molecule has 9 heteroatoms. The molecule has 0 saturated heterocycles. The summed E-state index contributed by atoms with van der Waals surface area (Å²) in [5, 5.41) is 25.3. The minimum Gasteiger partial charge on any atom is -0.468 e. The van der Waals surface area contributed by atoms with Gasteiger partial charge in [0.2, 0.25) is 11.7 Å². The molecule has 0 unspecified atom stereocenters. The van der Waals surface area contributed by atoms with E-state index in [-0.39, 0.29) is 6.61 Å². The first-order chi connectivity index (χ1) is 14.3. The predicted octanol–water partition coefficient (Wildman–Crippen LogP) is 2.56. The van der Waals surface area contributed by atoms with Crippen molar-refractivity contribution in [2.45, 2.75) is 6.61 Å². The molecule has 0 aliphatic rings. The largest absolute Gasteiger partial charge is 0.468 e. The molecular weight excluding hydrogens is 368 g/mol. The highest BCUT2D eigenvalue weighted by Crippen LogP contribution is 2.30. The standard InChI is InChI=1S/C20H16N8O/c1-27-24-17(21-26-27)13-29-20-16(14-8-4-2-5-9-14)12-18-22-23-19(28(18)25-20)15-10-6-3-7-11-15/h2-12H,13H2,1H3. The molecule has 142 valence electrons. The van der Waals surface area contributed by atoms with Crippen LogP contribution in [0.1, 0.15) is 5.82 Å². The maximum Gasteiger partial charge on any atom is 0.240 e. The van der Waals surface area contributed by atoms with E-state index in [1.54, 1.807) is 11.6 Å². The Bertz CT molecular complexity index is 1260. The third-order valence-electron chi connectivity index (χ3n) is 4.36. The quantitative estimate of drug-likeness (QED) is 0.459. The summed E-state index contributed by atoms with van der Waals surface area (Å²) >= 11 is 0. The van der Waals surface area contributed by atoms with Gasteiger partial charge in [-0.15, -0.1) is 25.5 Å². The third-order valence-corrected chi connectivity index (χ3v) is 4.36. The Balaban J connectivity index is 1.62. The number of ether oxygens (including phenoxy) is 1. The maximum absolute atomic E-state index is 5.99. The summed E-state index contributed by atoms with van der Waals surface area (Å²) in [6, 6.07) is 21.6. The van der Waals surface area contributed by atoms with Crippen molar-refractivity contribution in [3.05, 3.63) is 72.6 Å². The van der Waals surface area contributed by atoms with E-state index in [2.05, 4.69) is 25.6 Å². The van der Waals surface area contributed by atoms with Crippen LogP contribution in [-0.2, 0) is 13.7 Å². The summed E-state index contributed by atoms with van der Waals surface area (Å²) in [5.41, 5.74) is 3.33. The fraction of sp³-hybridized carbons (Fsp3) is 0.100. The van der Waals surface area contributed by atoms with Crippen molar-refractivity contribution in [3.8, 4) is 28.4 Å². The van der Waals surface area contributed by atoms with Gasteiger partial charge in [0.15, 0.2) is 18.1 Å². The molecule has 0 aliphatic carbocycles. The first-order valence-electron chi connectivity index (χ1n) is 9.01. The third kappa shape index (κ3) is 3.29. The van der Waals surface area contributed by atoms with Crippen LogP contribution in [0.5, 0.6) is 5.88 Å². The van der Waals surface area contributed by atoms with Crippen molar-refractivity contribution in [2.75, 3.05) is 0 Å². The molecule has 2 aromatic carbocycles. The van der Waals surface area contributed by atoms with Gasteiger partial charge in [-0.1, -0.05) is 60.7 Å². The fourth-order valence-corrected chi connectivity index (χ4v) is 3.03. The number of nitrogens with zero attached hydrogens (tertiary/aromatic N) is 8. The lowest BCUT2D eigenvalue weighted by molar-refractivity contribution is 0.280. The van der Waals surface area contributed by atoms with Crippen LogP contribution in [0, 0.1) is 0 Å². The van der Waals surface area contributed by atoms with Crippen LogP contribution >= 0.6 is 0 Å². The molecule has 0 radical (unpaired) electrons. The average molecular weight is 384 g/mol. The van der Waals surface area contributed by atoms with E-state index < -0.39 is 0 Å². The van der Waals surface area contributed by atoms with Crippen molar-refractivity contribution in [1.29, 1.82) is 0 Å². The van der Waals surface area contributed by atoms with Gasteiger partial charge in [-0.05, 0) is 16.8 Å². The minimum atomic E-state index is 0.148. The van der Waals surface area contributed by atoms with Crippen molar-refractivity contribution >= 4 is 5.65 Å². The molecule has 3 heterocycles. The number of aryl methyl sites for hydroxylation is 1. The Hall–Kier alpha value is -4.14. The van der Waals surface area contributed by atoms with Crippen molar-refractivity contribution in [3.63, 3.8) is 0 Å². The zero-order valence-corrected chi connectivity index (χ0v) is 15.5. The Morgan fingerprint density at radius 3 is 2.24 bits per heavy atom. The number of fused-ring (bicyclic) bond motifs is 1. The molecule has 5 aromatic rings. The van der Waals surface area contributed by atoms with Crippen LogP contribution in [0.2, 0.25) is 0 Å². The van der Waals surface area contributed by atoms with Gasteiger partial charge < -0.3 is 4.74 Å². The molecule has 0 atom stereocenters. The summed E-state index contributed by atoms with van der Waals surface area (Å²) in [4.78, 5) is 1.39. The monoisotopic (exact) mass is 384 g/mol. The summed E-state index contributed by atoms with van der Waals surface area (Å²) in [6.45, 7) is 0.148. The number of tetrazole rings is 1. The molecular formula is C20H16N8O. The molecule has 3 aromatic heterocycles. The lowest BCUT2D eigenvalue weighted by atomic mass is 10.1. The van der Waals surface area contributed by atoms with E-state index in [1.165, 1.54) is 4.80 Å². The molecule has 0 amide bonds. The van der Waals surface area contributed by atoms with Gasteiger partial charge in [-0.25, -0.2) is 0 Å². The highest BCUT2D eigenvalue weighted by molar-refractivity contribution is 5.72. The summed E-state index contributed by atoms with van der Waals surface area (Å²) < 4.78 is 7.68. The van der Waals surface area contributed by atoms with Crippen LogP contribution in [0.25, 0.3) is 28.2 Å². The van der Waals surface area contributed by atoms with E-state index >= 15 is 0 Å². The van der Waals surface area contributed by atoms with Gasteiger partial charge in [0.05, 0.1) is 7.05 Å². The maximum atomic E-state index is 5.99. The van der Waals surface area contributed by atoms with E-state index in [9.17, 15) is 0 Å². The summed E-state index contributed by atoms with van der Waals surface area (Å²) in [5.74, 6) is 1.55. The van der Waals surface area contributed by atoms with Crippen LogP contribution in [0.3, 0.4) is 0 Å². The zero-order chi connectivity index (χ0) is 19.6. The number of hydrogen-bond donors (Lipinski definition) is 0. The normalized spacial score (nSPS) is 11.1. The number of rotatable bonds is 5. The Morgan fingerprint density at radius 2 is 1.55 bits per heavy atom. The van der Waals surface area contributed by atoms with Gasteiger partial charge in [0.25, 0.3) is 0 Å². The SMILES string of the molecule is Cn1nnc(COc2nn3c(-c4ccccc4)nnc3cc2-c2ccccc2)n1. The van der Waals surface area contributed by atoms with Crippen LogP contribution in [0.15, 0.2) is 66.7 Å².